The van der Waals surface area contributed by atoms with Crippen LogP contribution in [0.5, 0.6) is 5.88 Å². The number of rotatable bonds is 4. The monoisotopic (exact) mass is 292 g/mol. The Hall–Kier alpha value is -1.40. The molecule has 0 unspecified atom stereocenters. The molecule has 1 aromatic rings. The van der Waals surface area contributed by atoms with Crippen LogP contribution in [0.15, 0.2) is 12.4 Å². The highest BCUT2D eigenvalue weighted by Gasteiger charge is 2.22. The van der Waals surface area contributed by atoms with Crippen molar-refractivity contribution in [1.29, 1.82) is 0 Å². The third-order valence-electron chi connectivity index (χ3n) is 4.39. The topological polar surface area (TPSA) is 50.7 Å². The number of hydrogen-bond acceptors (Lipinski definition) is 6. The van der Waals surface area contributed by atoms with Gasteiger partial charge in [-0.25, -0.2) is 9.97 Å². The molecule has 2 saturated heterocycles. The number of methoxy groups -OCH3 is 1. The lowest BCUT2D eigenvalue weighted by molar-refractivity contribution is 0.0517. The molecule has 2 fully saturated rings. The summed E-state index contributed by atoms with van der Waals surface area (Å²) in [6, 6.07) is 1.91. The van der Waals surface area contributed by atoms with Gasteiger partial charge in [0, 0.05) is 52.0 Å². The molecule has 0 aliphatic carbocycles. The second kappa shape index (κ2) is 7.04. The number of ether oxygens (including phenoxy) is 2. The first-order chi connectivity index (χ1) is 10.3. The molecule has 0 bridgehead atoms. The molecule has 6 nitrogen and oxygen atoms in total. The highest BCUT2D eigenvalue weighted by Crippen LogP contribution is 2.20. The van der Waals surface area contributed by atoms with Gasteiger partial charge in [-0.3, -0.25) is 4.90 Å². The average Bonchev–Trinajstić information content (AvgIpc) is 2.56. The molecule has 2 aliphatic rings. The Labute approximate surface area is 126 Å². The van der Waals surface area contributed by atoms with Crippen LogP contribution in [-0.4, -0.2) is 67.9 Å². The summed E-state index contributed by atoms with van der Waals surface area (Å²) in [5, 5.41) is 0. The van der Waals surface area contributed by atoms with Crippen LogP contribution < -0.4 is 9.64 Å². The van der Waals surface area contributed by atoms with Gasteiger partial charge in [-0.1, -0.05) is 0 Å². The molecule has 0 aromatic carbocycles. The Morgan fingerprint density at radius 2 is 1.95 bits per heavy atom. The van der Waals surface area contributed by atoms with Crippen molar-refractivity contribution in [2.45, 2.75) is 12.8 Å². The van der Waals surface area contributed by atoms with Crippen molar-refractivity contribution < 1.29 is 9.47 Å². The fourth-order valence-corrected chi connectivity index (χ4v) is 3.07. The Morgan fingerprint density at radius 1 is 1.19 bits per heavy atom. The molecule has 0 N–H and O–H groups in total. The first-order valence-corrected chi connectivity index (χ1v) is 7.76. The van der Waals surface area contributed by atoms with Crippen LogP contribution in [0.4, 0.5) is 5.82 Å². The van der Waals surface area contributed by atoms with Crippen LogP contribution in [-0.2, 0) is 4.74 Å². The molecular weight excluding hydrogens is 268 g/mol. The van der Waals surface area contributed by atoms with Crippen molar-refractivity contribution in [2.24, 2.45) is 5.92 Å². The zero-order valence-corrected chi connectivity index (χ0v) is 12.7. The highest BCUT2D eigenvalue weighted by molar-refractivity contribution is 5.41. The maximum absolute atomic E-state index is 5.43. The van der Waals surface area contributed by atoms with Crippen LogP contribution >= 0.6 is 0 Å². The van der Waals surface area contributed by atoms with Gasteiger partial charge in [-0.15, -0.1) is 0 Å². The number of nitrogens with zero attached hydrogens (tertiary/aromatic N) is 4. The smallest absolute Gasteiger partial charge is 0.218 e. The van der Waals surface area contributed by atoms with Gasteiger partial charge in [0.2, 0.25) is 5.88 Å². The molecule has 0 spiro atoms. The molecule has 21 heavy (non-hydrogen) atoms. The molecule has 2 aliphatic heterocycles. The summed E-state index contributed by atoms with van der Waals surface area (Å²) in [5.41, 5.74) is 0. The number of aromatic nitrogens is 2. The molecule has 1 aromatic heterocycles. The number of anilines is 1. The predicted octanol–water partition coefficient (Wildman–Crippen LogP) is 1.03. The summed E-state index contributed by atoms with van der Waals surface area (Å²) in [4.78, 5) is 13.3. The van der Waals surface area contributed by atoms with Crippen molar-refractivity contribution >= 4 is 5.82 Å². The first-order valence-electron chi connectivity index (χ1n) is 7.76. The van der Waals surface area contributed by atoms with E-state index < -0.39 is 0 Å². The van der Waals surface area contributed by atoms with Gasteiger partial charge in [0.25, 0.3) is 0 Å². The van der Waals surface area contributed by atoms with Crippen molar-refractivity contribution in [3.8, 4) is 5.88 Å². The normalized spacial score (nSPS) is 21.5. The maximum atomic E-state index is 5.43. The quantitative estimate of drug-likeness (QED) is 0.826. The van der Waals surface area contributed by atoms with E-state index in [2.05, 4.69) is 19.8 Å². The lowest BCUT2D eigenvalue weighted by Crippen LogP contribution is -2.48. The Morgan fingerprint density at radius 3 is 2.67 bits per heavy atom. The molecule has 3 heterocycles. The van der Waals surface area contributed by atoms with Gasteiger partial charge < -0.3 is 14.4 Å². The molecule has 0 amide bonds. The van der Waals surface area contributed by atoms with E-state index in [1.807, 2.05) is 6.07 Å². The van der Waals surface area contributed by atoms with Crippen LogP contribution in [0.25, 0.3) is 0 Å². The van der Waals surface area contributed by atoms with Crippen LogP contribution in [0.3, 0.4) is 0 Å². The summed E-state index contributed by atoms with van der Waals surface area (Å²) in [6.07, 6.45) is 4.00. The van der Waals surface area contributed by atoms with Gasteiger partial charge in [-0.05, 0) is 18.8 Å². The second-order valence-corrected chi connectivity index (χ2v) is 5.76. The van der Waals surface area contributed by atoms with Gasteiger partial charge >= 0.3 is 0 Å². The van der Waals surface area contributed by atoms with Crippen molar-refractivity contribution in [1.82, 2.24) is 14.9 Å². The lowest BCUT2D eigenvalue weighted by atomic mass is 9.99. The third kappa shape index (κ3) is 3.83. The predicted molar refractivity (Wildman–Crippen MR) is 80.8 cm³/mol. The van der Waals surface area contributed by atoms with Gasteiger partial charge in [0.05, 0.1) is 7.11 Å². The fraction of sp³-hybridized carbons (Fsp3) is 0.733. The summed E-state index contributed by atoms with van der Waals surface area (Å²) in [5.74, 6) is 2.40. The van der Waals surface area contributed by atoms with Gasteiger partial charge in [0.1, 0.15) is 12.1 Å². The van der Waals surface area contributed by atoms with Gasteiger partial charge in [0.15, 0.2) is 0 Å². The Kier molecular flexibility index (Phi) is 4.87. The van der Waals surface area contributed by atoms with E-state index >= 15 is 0 Å². The van der Waals surface area contributed by atoms with E-state index in [0.29, 0.717) is 5.88 Å². The second-order valence-electron chi connectivity index (χ2n) is 5.76. The van der Waals surface area contributed by atoms with E-state index in [0.717, 1.165) is 51.1 Å². The minimum absolute atomic E-state index is 0.629. The molecule has 3 rings (SSSR count). The van der Waals surface area contributed by atoms with E-state index in [4.69, 9.17) is 9.47 Å². The molecule has 116 valence electrons. The molecule has 0 atom stereocenters. The SMILES string of the molecule is COc1cc(N2CCN(CC3CCOCC3)CC2)ncn1. The summed E-state index contributed by atoms with van der Waals surface area (Å²) in [7, 11) is 1.64. The lowest BCUT2D eigenvalue weighted by Gasteiger charge is -2.37. The summed E-state index contributed by atoms with van der Waals surface area (Å²) < 4.78 is 10.6. The van der Waals surface area contributed by atoms with Crippen molar-refractivity contribution in [3.63, 3.8) is 0 Å². The molecule has 0 radical (unpaired) electrons. The average molecular weight is 292 g/mol. The van der Waals surface area contributed by atoms with E-state index in [1.165, 1.54) is 19.4 Å². The largest absolute Gasteiger partial charge is 0.481 e. The number of hydrogen-bond donors (Lipinski definition) is 0. The fourth-order valence-electron chi connectivity index (χ4n) is 3.07. The highest BCUT2D eigenvalue weighted by atomic mass is 16.5. The van der Waals surface area contributed by atoms with Gasteiger partial charge in [-0.2, -0.15) is 0 Å². The summed E-state index contributed by atoms with van der Waals surface area (Å²) >= 11 is 0. The molecular formula is C15H24N4O2. The zero-order chi connectivity index (χ0) is 14.5. The minimum Gasteiger partial charge on any atom is -0.481 e. The molecule has 0 saturated carbocycles. The van der Waals surface area contributed by atoms with Crippen LogP contribution in [0.1, 0.15) is 12.8 Å². The van der Waals surface area contributed by atoms with E-state index in [1.54, 1.807) is 13.4 Å². The minimum atomic E-state index is 0.629. The van der Waals surface area contributed by atoms with E-state index in [-0.39, 0.29) is 0 Å². The van der Waals surface area contributed by atoms with E-state index in [9.17, 15) is 0 Å². The van der Waals surface area contributed by atoms with Crippen molar-refractivity contribution in [2.75, 3.05) is 57.9 Å². The van der Waals surface area contributed by atoms with Crippen LogP contribution in [0, 0.1) is 5.92 Å². The third-order valence-corrected chi connectivity index (χ3v) is 4.39. The first kappa shape index (κ1) is 14.5. The molecule has 6 heteroatoms. The van der Waals surface area contributed by atoms with Crippen molar-refractivity contribution in [3.05, 3.63) is 12.4 Å². The Balaban J connectivity index is 1.50. The van der Waals surface area contributed by atoms with Crippen LogP contribution in [0.2, 0.25) is 0 Å². The zero-order valence-electron chi connectivity index (χ0n) is 12.7. The maximum Gasteiger partial charge on any atom is 0.218 e. The number of piperazine rings is 1. The summed E-state index contributed by atoms with van der Waals surface area (Å²) in [6.45, 7) is 7.32. The Bertz CT molecular complexity index is 443. The standard InChI is InChI=1S/C15H24N4O2/c1-20-15-10-14(16-12-17-15)19-6-4-18(5-7-19)11-13-2-8-21-9-3-13/h10,12-13H,2-9,11H2,1H3.